The Morgan fingerprint density at radius 2 is 2.08 bits per heavy atom. The first-order valence-corrected chi connectivity index (χ1v) is 10.8. The van der Waals surface area contributed by atoms with Crippen LogP contribution in [0.2, 0.25) is 0 Å². The number of fused-ring (bicyclic) bond motifs is 5. The van der Waals surface area contributed by atoms with Crippen molar-refractivity contribution in [3.63, 3.8) is 0 Å². The van der Waals surface area contributed by atoms with Crippen LogP contribution in [0.5, 0.6) is 5.75 Å². The molecule has 1 aromatic rings. The van der Waals surface area contributed by atoms with Crippen LogP contribution in [0.4, 0.5) is 0 Å². The monoisotopic (exact) mass is 370 g/mol. The van der Waals surface area contributed by atoms with Gasteiger partial charge in [0.15, 0.2) is 0 Å². The summed E-state index contributed by atoms with van der Waals surface area (Å²) in [5.74, 6) is 9.54. The van der Waals surface area contributed by atoms with Gasteiger partial charge in [-0.3, -0.25) is 0 Å². The standard InChI is InChI=1S/C23H30O2S/c1-22-12-9-19-18-8-6-17(24)15-16(18)5-7-20(19)21(22)10-13-23(22,25)11-3-2-4-14-26/h6,8,15,19-21,24-26H,2,4-5,7,9-10,12-14H2,1H3/t19?,20?,21?,22-,23-/m0/s1. The van der Waals surface area contributed by atoms with Crippen LogP contribution in [-0.4, -0.2) is 21.6 Å². The number of phenolic OH excluding ortho intramolecular Hbond substituents is 1. The van der Waals surface area contributed by atoms with E-state index in [0.717, 1.165) is 50.7 Å². The lowest BCUT2D eigenvalue weighted by Crippen LogP contribution is -2.50. The lowest BCUT2D eigenvalue weighted by Gasteiger charge is -2.52. The summed E-state index contributed by atoms with van der Waals surface area (Å²) in [5, 5.41) is 21.3. The average Bonchev–Trinajstić information content (AvgIpc) is 2.90. The van der Waals surface area contributed by atoms with Gasteiger partial charge in [0.05, 0.1) is 0 Å². The molecular weight excluding hydrogens is 340 g/mol. The number of aliphatic hydroxyl groups is 1. The van der Waals surface area contributed by atoms with Crippen molar-refractivity contribution in [2.45, 2.75) is 69.8 Å². The topological polar surface area (TPSA) is 40.5 Å². The highest BCUT2D eigenvalue weighted by molar-refractivity contribution is 7.80. The van der Waals surface area contributed by atoms with E-state index in [-0.39, 0.29) is 5.41 Å². The summed E-state index contributed by atoms with van der Waals surface area (Å²) in [6.45, 7) is 2.29. The first kappa shape index (κ1) is 18.3. The SMILES string of the molecule is C[C@]12CCC3c4ccc(O)cc4CCC3C1CC[C@@]2(O)C#CCCCS. The molecule has 0 amide bonds. The van der Waals surface area contributed by atoms with Crippen LogP contribution in [0.15, 0.2) is 18.2 Å². The third-order valence-corrected chi connectivity index (χ3v) is 7.93. The van der Waals surface area contributed by atoms with Crippen LogP contribution >= 0.6 is 12.6 Å². The maximum atomic E-state index is 11.4. The molecule has 3 heteroatoms. The number of aromatic hydroxyl groups is 1. The number of phenols is 1. The van der Waals surface area contributed by atoms with E-state index in [0.29, 0.717) is 23.5 Å². The Morgan fingerprint density at radius 3 is 2.88 bits per heavy atom. The second-order valence-corrected chi connectivity index (χ2v) is 9.23. The van der Waals surface area contributed by atoms with Crippen molar-refractivity contribution in [1.29, 1.82) is 0 Å². The molecule has 3 aliphatic rings. The Labute approximate surface area is 162 Å². The van der Waals surface area contributed by atoms with Crippen LogP contribution in [0, 0.1) is 29.1 Å². The van der Waals surface area contributed by atoms with Gasteiger partial charge < -0.3 is 10.2 Å². The number of aryl methyl sites for hydroxylation is 1. The minimum absolute atomic E-state index is 0.0868. The van der Waals surface area contributed by atoms with E-state index in [2.05, 4.69) is 37.5 Å². The minimum Gasteiger partial charge on any atom is -0.508 e. The van der Waals surface area contributed by atoms with Crippen LogP contribution < -0.4 is 0 Å². The summed E-state index contributed by atoms with van der Waals surface area (Å²) in [4.78, 5) is 0. The van der Waals surface area contributed by atoms with Gasteiger partial charge in [-0.05, 0) is 91.7 Å². The highest BCUT2D eigenvalue weighted by atomic mass is 32.1. The molecule has 5 atom stereocenters. The molecule has 0 spiro atoms. The van der Waals surface area contributed by atoms with E-state index in [1.54, 1.807) is 0 Å². The summed E-state index contributed by atoms with van der Waals surface area (Å²) in [6, 6.07) is 5.94. The van der Waals surface area contributed by atoms with Gasteiger partial charge in [0, 0.05) is 11.8 Å². The van der Waals surface area contributed by atoms with Crippen molar-refractivity contribution >= 4 is 12.6 Å². The molecule has 0 bridgehead atoms. The molecule has 3 unspecified atom stereocenters. The van der Waals surface area contributed by atoms with Crippen LogP contribution in [0.25, 0.3) is 0 Å². The zero-order chi connectivity index (χ0) is 18.4. The number of unbranched alkanes of at least 4 members (excludes halogenated alkanes) is 1. The van der Waals surface area contributed by atoms with Crippen molar-refractivity contribution < 1.29 is 10.2 Å². The van der Waals surface area contributed by atoms with Gasteiger partial charge >= 0.3 is 0 Å². The molecule has 2 N–H and O–H groups in total. The fourth-order valence-corrected chi connectivity index (χ4v) is 6.32. The van der Waals surface area contributed by atoms with E-state index in [4.69, 9.17) is 0 Å². The van der Waals surface area contributed by atoms with Crippen molar-refractivity contribution in [2.75, 3.05) is 5.75 Å². The molecule has 2 nitrogen and oxygen atoms in total. The fourth-order valence-electron chi connectivity index (χ4n) is 6.17. The van der Waals surface area contributed by atoms with Crippen molar-refractivity contribution in [3.8, 4) is 17.6 Å². The van der Waals surface area contributed by atoms with E-state index in [9.17, 15) is 10.2 Å². The normalized spacial score (nSPS) is 37.9. The Morgan fingerprint density at radius 1 is 1.23 bits per heavy atom. The fraction of sp³-hybridized carbons (Fsp3) is 0.652. The quantitative estimate of drug-likeness (QED) is 0.401. The number of hydrogen-bond acceptors (Lipinski definition) is 3. The van der Waals surface area contributed by atoms with Gasteiger partial charge in [-0.15, -0.1) is 5.92 Å². The van der Waals surface area contributed by atoms with Gasteiger partial charge in [0.1, 0.15) is 11.4 Å². The lowest BCUT2D eigenvalue weighted by molar-refractivity contribution is -0.0648. The van der Waals surface area contributed by atoms with E-state index in [1.807, 2.05) is 12.1 Å². The van der Waals surface area contributed by atoms with Gasteiger partial charge in [-0.25, -0.2) is 0 Å². The molecule has 0 heterocycles. The Kier molecular flexibility index (Phi) is 4.78. The number of hydrogen-bond donors (Lipinski definition) is 3. The third-order valence-electron chi connectivity index (χ3n) is 7.62. The van der Waals surface area contributed by atoms with Gasteiger partial charge in [-0.1, -0.05) is 18.9 Å². The second-order valence-electron chi connectivity index (χ2n) is 8.78. The molecular formula is C23H30O2S. The predicted octanol–water partition coefficient (Wildman–Crippen LogP) is 4.69. The van der Waals surface area contributed by atoms with Crippen LogP contribution in [-0.2, 0) is 6.42 Å². The van der Waals surface area contributed by atoms with E-state index in [1.165, 1.54) is 17.5 Å². The highest BCUT2D eigenvalue weighted by Crippen LogP contribution is 2.64. The van der Waals surface area contributed by atoms with Gasteiger partial charge in [0.25, 0.3) is 0 Å². The summed E-state index contributed by atoms with van der Waals surface area (Å²) in [5.41, 5.74) is 1.86. The largest absolute Gasteiger partial charge is 0.508 e. The number of thiol groups is 1. The van der Waals surface area contributed by atoms with Crippen LogP contribution in [0.1, 0.15) is 68.9 Å². The molecule has 1 aromatic carbocycles. The average molecular weight is 371 g/mol. The molecule has 26 heavy (non-hydrogen) atoms. The predicted molar refractivity (Wildman–Crippen MR) is 109 cm³/mol. The maximum Gasteiger partial charge on any atom is 0.131 e. The minimum atomic E-state index is -0.825. The zero-order valence-electron chi connectivity index (χ0n) is 15.7. The first-order chi connectivity index (χ1) is 12.5. The van der Waals surface area contributed by atoms with Gasteiger partial charge in [-0.2, -0.15) is 12.6 Å². The number of rotatable bonds is 2. The smallest absolute Gasteiger partial charge is 0.131 e. The number of benzene rings is 1. The molecule has 3 aliphatic carbocycles. The van der Waals surface area contributed by atoms with Crippen molar-refractivity contribution in [1.82, 2.24) is 0 Å². The molecule has 2 fully saturated rings. The third kappa shape index (κ3) is 2.77. The maximum absolute atomic E-state index is 11.4. The van der Waals surface area contributed by atoms with E-state index >= 15 is 0 Å². The Hall–Kier alpha value is -1.11. The summed E-state index contributed by atoms with van der Waals surface area (Å²) >= 11 is 4.25. The van der Waals surface area contributed by atoms with Crippen molar-refractivity contribution in [3.05, 3.63) is 29.3 Å². The van der Waals surface area contributed by atoms with Crippen LogP contribution in [0.3, 0.4) is 0 Å². The second kappa shape index (κ2) is 6.80. The lowest BCUT2D eigenvalue weighted by atomic mass is 9.53. The summed E-state index contributed by atoms with van der Waals surface area (Å²) in [6.07, 6.45) is 8.09. The first-order valence-electron chi connectivity index (χ1n) is 10.1. The highest BCUT2D eigenvalue weighted by Gasteiger charge is 2.61. The van der Waals surface area contributed by atoms with E-state index < -0.39 is 5.60 Å². The molecule has 2 saturated carbocycles. The molecule has 0 aliphatic heterocycles. The van der Waals surface area contributed by atoms with Gasteiger partial charge in [0.2, 0.25) is 0 Å². The molecule has 0 radical (unpaired) electrons. The van der Waals surface area contributed by atoms with Crippen molar-refractivity contribution in [2.24, 2.45) is 17.3 Å². The molecule has 0 aromatic heterocycles. The zero-order valence-corrected chi connectivity index (χ0v) is 16.6. The summed E-state index contributed by atoms with van der Waals surface area (Å²) < 4.78 is 0. The molecule has 4 rings (SSSR count). The molecule has 0 saturated heterocycles. The Balaban J connectivity index is 1.60. The summed E-state index contributed by atoms with van der Waals surface area (Å²) in [7, 11) is 0. The molecule has 140 valence electrons. The Bertz CT molecular complexity index is 748.